The second-order valence-corrected chi connectivity index (χ2v) is 3.87. The van der Waals surface area contributed by atoms with Crippen LogP contribution in [0.15, 0.2) is 4.42 Å². The summed E-state index contributed by atoms with van der Waals surface area (Å²) in [7, 11) is 2.09. The van der Waals surface area contributed by atoms with Gasteiger partial charge in [-0.25, -0.2) is 4.98 Å². The van der Waals surface area contributed by atoms with Gasteiger partial charge in [0.05, 0.1) is 12.2 Å². The highest BCUT2D eigenvalue weighted by Crippen LogP contribution is 2.41. The van der Waals surface area contributed by atoms with Gasteiger partial charge in [0.2, 0.25) is 0 Å². The Bertz CT molecular complexity index is 291. The summed E-state index contributed by atoms with van der Waals surface area (Å²) >= 11 is 0. The van der Waals surface area contributed by atoms with Crippen molar-refractivity contribution >= 4 is 0 Å². The van der Waals surface area contributed by atoms with Crippen LogP contribution in [0.3, 0.4) is 0 Å². The molecule has 0 unspecified atom stereocenters. The number of nitrogens with zero attached hydrogens (tertiary/aromatic N) is 2. The first-order valence-corrected chi connectivity index (χ1v) is 4.50. The van der Waals surface area contributed by atoms with Crippen molar-refractivity contribution in [3.05, 3.63) is 17.3 Å². The number of rotatable bonds is 1. The highest BCUT2D eigenvalue weighted by Gasteiger charge is 2.32. The molecule has 0 amide bonds. The molecular formula is C9H12N2O. The SMILES string of the molecule is CN1Cc2nc(C3CC3)oc2C1. The molecule has 1 aromatic heterocycles. The second-order valence-electron chi connectivity index (χ2n) is 3.87. The Balaban J connectivity index is 1.94. The number of aromatic nitrogens is 1. The molecule has 0 N–H and O–H groups in total. The van der Waals surface area contributed by atoms with Gasteiger partial charge in [-0.3, -0.25) is 4.90 Å². The zero-order valence-corrected chi connectivity index (χ0v) is 7.21. The van der Waals surface area contributed by atoms with E-state index in [9.17, 15) is 0 Å². The largest absolute Gasteiger partial charge is 0.444 e. The van der Waals surface area contributed by atoms with E-state index in [1.807, 2.05) is 0 Å². The van der Waals surface area contributed by atoms with Crippen LogP contribution in [-0.4, -0.2) is 16.9 Å². The minimum absolute atomic E-state index is 0.654. The molecule has 0 radical (unpaired) electrons. The minimum atomic E-state index is 0.654. The Kier molecular flexibility index (Phi) is 1.17. The summed E-state index contributed by atoms with van der Waals surface area (Å²) in [4.78, 5) is 6.71. The topological polar surface area (TPSA) is 29.3 Å². The fourth-order valence-electron chi connectivity index (χ4n) is 1.71. The van der Waals surface area contributed by atoms with Crippen LogP contribution in [0.25, 0.3) is 0 Å². The normalized spacial score (nSPS) is 23.1. The maximum absolute atomic E-state index is 5.67. The van der Waals surface area contributed by atoms with Crippen molar-refractivity contribution in [2.45, 2.75) is 31.8 Å². The van der Waals surface area contributed by atoms with Gasteiger partial charge in [-0.1, -0.05) is 0 Å². The molecule has 3 nitrogen and oxygen atoms in total. The van der Waals surface area contributed by atoms with Crippen molar-refractivity contribution in [1.82, 2.24) is 9.88 Å². The van der Waals surface area contributed by atoms with E-state index in [-0.39, 0.29) is 0 Å². The van der Waals surface area contributed by atoms with Gasteiger partial charge < -0.3 is 4.42 Å². The maximum atomic E-state index is 5.67. The van der Waals surface area contributed by atoms with E-state index in [2.05, 4.69) is 16.9 Å². The van der Waals surface area contributed by atoms with E-state index in [1.165, 1.54) is 18.5 Å². The van der Waals surface area contributed by atoms with Crippen molar-refractivity contribution in [3.8, 4) is 0 Å². The molecule has 0 spiro atoms. The molecule has 0 aromatic carbocycles. The number of oxazole rings is 1. The Hall–Kier alpha value is -0.830. The fourth-order valence-corrected chi connectivity index (χ4v) is 1.71. The van der Waals surface area contributed by atoms with Crippen LogP contribution in [-0.2, 0) is 13.1 Å². The van der Waals surface area contributed by atoms with Crippen LogP contribution in [0.1, 0.15) is 36.1 Å². The lowest BCUT2D eigenvalue weighted by atomic mass is 10.4. The van der Waals surface area contributed by atoms with Crippen molar-refractivity contribution < 1.29 is 4.42 Å². The minimum Gasteiger partial charge on any atom is -0.444 e. The molecule has 2 heterocycles. The van der Waals surface area contributed by atoms with Crippen molar-refractivity contribution in [2.75, 3.05) is 7.05 Å². The molecule has 2 aliphatic rings. The summed E-state index contributed by atoms with van der Waals surface area (Å²) in [5.41, 5.74) is 1.17. The molecular weight excluding hydrogens is 152 g/mol. The van der Waals surface area contributed by atoms with Crippen LogP contribution in [0.2, 0.25) is 0 Å². The molecule has 1 aliphatic carbocycles. The standard InChI is InChI=1S/C9H12N2O/c1-11-4-7-8(5-11)12-9(10-7)6-2-3-6/h6H,2-5H2,1H3. The first kappa shape index (κ1) is 6.66. The quantitative estimate of drug-likeness (QED) is 0.629. The van der Waals surface area contributed by atoms with Crippen LogP contribution in [0.5, 0.6) is 0 Å². The smallest absolute Gasteiger partial charge is 0.197 e. The van der Waals surface area contributed by atoms with Gasteiger partial charge in [0.15, 0.2) is 5.89 Å². The molecule has 1 saturated carbocycles. The highest BCUT2D eigenvalue weighted by atomic mass is 16.4. The summed E-state index contributed by atoms with van der Waals surface area (Å²) in [6.45, 7) is 1.90. The molecule has 3 rings (SSSR count). The van der Waals surface area contributed by atoms with E-state index in [1.54, 1.807) is 0 Å². The number of hydrogen-bond donors (Lipinski definition) is 0. The molecule has 0 saturated heterocycles. The second kappa shape index (κ2) is 2.10. The molecule has 0 bridgehead atoms. The highest BCUT2D eigenvalue weighted by molar-refractivity contribution is 5.17. The number of fused-ring (bicyclic) bond motifs is 1. The summed E-state index contributed by atoms with van der Waals surface area (Å²) in [6, 6.07) is 0. The van der Waals surface area contributed by atoms with Crippen LogP contribution >= 0.6 is 0 Å². The van der Waals surface area contributed by atoms with Gasteiger partial charge >= 0.3 is 0 Å². The first-order chi connectivity index (χ1) is 5.83. The fraction of sp³-hybridized carbons (Fsp3) is 0.667. The van der Waals surface area contributed by atoms with Crippen LogP contribution in [0, 0.1) is 0 Å². The van der Waals surface area contributed by atoms with Crippen molar-refractivity contribution in [2.24, 2.45) is 0 Å². The molecule has 12 heavy (non-hydrogen) atoms. The van der Waals surface area contributed by atoms with E-state index in [4.69, 9.17) is 4.42 Å². The third kappa shape index (κ3) is 0.894. The van der Waals surface area contributed by atoms with E-state index in [0.29, 0.717) is 5.92 Å². The molecule has 1 aromatic rings. The van der Waals surface area contributed by atoms with Gasteiger partial charge in [0, 0.05) is 12.5 Å². The molecule has 64 valence electrons. The van der Waals surface area contributed by atoms with E-state index >= 15 is 0 Å². The Morgan fingerprint density at radius 2 is 2.25 bits per heavy atom. The summed E-state index contributed by atoms with van der Waals surface area (Å²) < 4.78 is 5.67. The molecule has 1 aliphatic heterocycles. The first-order valence-electron chi connectivity index (χ1n) is 4.50. The predicted molar refractivity (Wildman–Crippen MR) is 43.6 cm³/mol. The third-order valence-electron chi connectivity index (χ3n) is 2.55. The van der Waals surface area contributed by atoms with E-state index in [0.717, 1.165) is 24.7 Å². The van der Waals surface area contributed by atoms with Crippen LogP contribution in [0.4, 0.5) is 0 Å². The Labute approximate surface area is 71.4 Å². The monoisotopic (exact) mass is 164 g/mol. The Morgan fingerprint density at radius 1 is 1.42 bits per heavy atom. The lowest BCUT2D eigenvalue weighted by Gasteiger charge is -2.03. The average Bonchev–Trinajstić information content (AvgIpc) is 2.69. The van der Waals surface area contributed by atoms with Crippen molar-refractivity contribution in [1.29, 1.82) is 0 Å². The third-order valence-corrected chi connectivity index (χ3v) is 2.55. The predicted octanol–water partition coefficient (Wildman–Crippen LogP) is 1.50. The lowest BCUT2D eigenvalue weighted by molar-refractivity contribution is 0.316. The number of hydrogen-bond acceptors (Lipinski definition) is 3. The van der Waals surface area contributed by atoms with Gasteiger partial charge in [-0.2, -0.15) is 0 Å². The van der Waals surface area contributed by atoms with Gasteiger partial charge in [0.25, 0.3) is 0 Å². The van der Waals surface area contributed by atoms with Crippen LogP contribution < -0.4 is 0 Å². The average molecular weight is 164 g/mol. The maximum Gasteiger partial charge on any atom is 0.197 e. The van der Waals surface area contributed by atoms with Gasteiger partial charge in [-0.15, -0.1) is 0 Å². The Morgan fingerprint density at radius 3 is 2.92 bits per heavy atom. The summed E-state index contributed by atoms with van der Waals surface area (Å²) in [6.07, 6.45) is 2.55. The lowest BCUT2D eigenvalue weighted by Crippen LogP contribution is -2.08. The molecule has 3 heteroatoms. The summed E-state index contributed by atoms with van der Waals surface area (Å²) in [5.74, 6) is 2.74. The zero-order chi connectivity index (χ0) is 8.13. The zero-order valence-electron chi connectivity index (χ0n) is 7.21. The summed E-state index contributed by atoms with van der Waals surface area (Å²) in [5, 5.41) is 0. The molecule has 1 fully saturated rings. The van der Waals surface area contributed by atoms with Gasteiger partial charge in [0.1, 0.15) is 5.76 Å². The van der Waals surface area contributed by atoms with Crippen molar-refractivity contribution in [3.63, 3.8) is 0 Å². The van der Waals surface area contributed by atoms with Gasteiger partial charge in [-0.05, 0) is 19.9 Å². The molecule has 0 atom stereocenters. The van der Waals surface area contributed by atoms with E-state index < -0.39 is 0 Å².